The number of halogens is 2. The van der Waals surface area contributed by atoms with E-state index in [4.69, 9.17) is 37.7 Å². The van der Waals surface area contributed by atoms with Crippen LogP contribution >= 0.6 is 23.2 Å². The van der Waals surface area contributed by atoms with Crippen LogP contribution < -0.4 is 0 Å². The van der Waals surface area contributed by atoms with Gasteiger partial charge in [0.25, 0.3) is 0 Å². The maximum Gasteiger partial charge on any atom is 0.325 e. The Morgan fingerprint density at radius 3 is 1.85 bits per heavy atom. The molecule has 0 aliphatic heterocycles. The Hall–Kier alpha value is -3.35. The fourth-order valence-corrected chi connectivity index (χ4v) is 6.75. The molecule has 0 amide bonds. The lowest BCUT2D eigenvalue weighted by Gasteiger charge is -2.33. The Morgan fingerprint density at radius 2 is 1.34 bits per heavy atom. The monoisotopic (exact) mass is 590 g/mol. The first kappa shape index (κ1) is 27.8. The molecule has 2 aliphatic rings. The minimum Gasteiger partial charge on any atom is -0.469 e. The normalized spacial score (nSPS) is 19.2. The zero-order chi connectivity index (χ0) is 28.7. The van der Waals surface area contributed by atoms with Crippen LogP contribution in [0.15, 0.2) is 66.7 Å². The van der Waals surface area contributed by atoms with Crippen LogP contribution in [0.5, 0.6) is 0 Å². The minimum atomic E-state index is -1.27. The van der Waals surface area contributed by atoms with E-state index in [2.05, 4.69) is 10.6 Å². The number of imidazole rings is 1. The fraction of sp³-hybridized carbons (Fsp3) is 0.364. The van der Waals surface area contributed by atoms with Crippen molar-refractivity contribution in [3.05, 3.63) is 99.3 Å². The van der Waals surface area contributed by atoms with Gasteiger partial charge in [-0.1, -0.05) is 53.5 Å². The number of fused-ring (bicyclic) bond motifs is 1. The lowest BCUT2D eigenvalue weighted by molar-refractivity contribution is -0.147. The molecule has 0 saturated heterocycles. The number of carbonyl (C=O) groups excluding carboxylic acids is 2. The van der Waals surface area contributed by atoms with Crippen LogP contribution in [0.2, 0.25) is 10.0 Å². The molecule has 0 N–H and O–H groups in total. The molecule has 1 aromatic heterocycles. The summed E-state index contributed by atoms with van der Waals surface area (Å²) in [7, 11) is 2.87. The zero-order valence-electron chi connectivity index (χ0n) is 23.1. The smallest absolute Gasteiger partial charge is 0.325 e. The quantitative estimate of drug-likeness (QED) is 0.163. The van der Waals surface area contributed by atoms with Crippen molar-refractivity contribution in [2.75, 3.05) is 14.2 Å². The van der Waals surface area contributed by atoms with Gasteiger partial charge in [0, 0.05) is 22.0 Å². The van der Waals surface area contributed by atoms with Crippen molar-refractivity contribution in [3.63, 3.8) is 0 Å². The molecular formula is C33H32Cl2N2O4. The highest BCUT2D eigenvalue weighted by Crippen LogP contribution is 2.47. The average Bonchev–Trinajstić information content (AvgIpc) is 3.78. The number of hydrogen-bond acceptors (Lipinski definition) is 5. The number of methoxy groups -OCH3 is 2. The van der Waals surface area contributed by atoms with E-state index < -0.39 is 11.4 Å². The molecule has 8 heteroatoms. The predicted molar refractivity (Wildman–Crippen MR) is 160 cm³/mol. The van der Waals surface area contributed by atoms with Crippen LogP contribution in [-0.4, -0.2) is 35.7 Å². The van der Waals surface area contributed by atoms with Crippen molar-refractivity contribution in [3.8, 4) is 0 Å². The van der Waals surface area contributed by atoms with Crippen LogP contribution in [0.4, 0.5) is 0 Å². The van der Waals surface area contributed by atoms with E-state index in [1.807, 2.05) is 36.4 Å². The second-order valence-electron chi connectivity index (χ2n) is 11.1. The van der Waals surface area contributed by atoms with Gasteiger partial charge in [-0.25, -0.2) is 4.98 Å². The number of ether oxygens (including phenoxy) is 2. The number of rotatable bonds is 7. The first-order valence-corrected chi connectivity index (χ1v) is 14.8. The van der Waals surface area contributed by atoms with Gasteiger partial charge in [0.1, 0.15) is 11.2 Å². The number of benzene rings is 3. The van der Waals surface area contributed by atoms with E-state index in [0.717, 1.165) is 72.1 Å². The molecule has 212 valence electrons. The van der Waals surface area contributed by atoms with Gasteiger partial charge in [0.15, 0.2) is 0 Å². The highest BCUT2D eigenvalue weighted by atomic mass is 35.5. The van der Waals surface area contributed by atoms with E-state index in [0.29, 0.717) is 16.0 Å². The zero-order valence-corrected chi connectivity index (χ0v) is 24.6. The Balaban J connectivity index is 1.55. The third kappa shape index (κ3) is 4.91. The van der Waals surface area contributed by atoms with Crippen LogP contribution in [-0.2, 0) is 24.5 Å². The molecule has 6 nitrogen and oxygen atoms in total. The summed E-state index contributed by atoms with van der Waals surface area (Å²) < 4.78 is 12.9. The Labute approximate surface area is 249 Å². The number of nitrogens with zero attached hydrogens (tertiary/aromatic N) is 2. The number of hydrogen-bond donors (Lipinski definition) is 0. The second kappa shape index (κ2) is 11.1. The van der Waals surface area contributed by atoms with E-state index in [-0.39, 0.29) is 17.9 Å². The Kier molecular flexibility index (Phi) is 7.56. The van der Waals surface area contributed by atoms with Crippen molar-refractivity contribution < 1.29 is 19.1 Å². The van der Waals surface area contributed by atoms with Crippen molar-refractivity contribution >= 4 is 46.2 Å². The lowest BCUT2D eigenvalue weighted by Crippen LogP contribution is -2.39. The first-order valence-electron chi connectivity index (χ1n) is 14.1. The van der Waals surface area contributed by atoms with Gasteiger partial charge < -0.3 is 14.0 Å². The molecular weight excluding hydrogens is 559 g/mol. The molecule has 0 radical (unpaired) electrons. The molecule has 0 unspecified atom stereocenters. The van der Waals surface area contributed by atoms with Crippen LogP contribution in [0, 0.1) is 5.92 Å². The van der Waals surface area contributed by atoms with Gasteiger partial charge >= 0.3 is 11.9 Å². The number of carbonyl (C=O) groups is 2. The number of aromatic nitrogens is 2. The maximum atomic E-state index is 14.0. The summed E-state index contributed by atoms with van der Waals surface area (Å²) in [6, 6.07) is 21.0. The summed E-state index contributed by atoms with van der Waals surface area (Å²) in [6.07, 6.45) is 5.53. The fourth-order valence-electron chi connectivity index (χ4n) is 6.50. The topological polar surface area (TPSA) is 70.4 Å². The molecule has 1 heterocycles. The summed E-state index contributed by atoms with van der Waals surface area (Å²) in [5.74, 6) is 0.932. The minimum absolute atomic E-state index is 0.0623. The molecule has 41 heavy (non-hydrogen) atoms. The van der Waals surface area contributed by atoms with Gasteiger partial charge in [-0.05, 0) is 91.6 Å². The van der Waals surface area contributed by atoms with Crippen LogP contribution in [0.25, 0.3) is 11.0 Å². The first-order chi connectivity index (χ1) is 19.9. The van der Waals surface area contributed by atoms with Gasteiger partial charge in [-0.2, -0.15) is 0 Å². The summed E-state index contributed by atoms with van der Waals surface area (Å²) >= 11 is 12.6. The van der Waals surface area contributed by atoms with Crippen molar-refractivity contribution in [1.29, 1.82) is 0 Å². The summed E-state index contributed by atoms with van der Waals surface area (Å²) in [6.45, 7) is 0. The molecule has 0 spiro atoms. The van der Waals surface area contributed by atoms with Crippen molar-refractivity contribution in [2.24, 2.45) is 5.92 Å². The third-order valence-electron chi connectivity index (χ3n) is 8.73. The highest BCUT2D eigenvalue weighted by Gasteiger charge is 2.46. The Morgan fingerprint density at radius 1 is 0.780 bits per heavy atom. The highest BCUT2D eigenvalue weighted by molar-refractivity contribution is 6.30. The molecule has 2 aliphatic carbocycles. The molecule has 3 aromatic carbocycles. The second-order valence-corrected chi connectivity index (χ2v) is 12.0. The summed E-state index contributed by atoms with van der Waals surface area (Å²) in [5, 5.41) is 1.16. The van der Waals surface area contributed by atoms with Gasteiger partial charge in [-0.3, -0.25) is 9.59 Å². The summed E-state index contributed by atoms with van der Waals surface area (Å²) in [5.41, 5.74) is 2.87. The van der Waals surface area contributed by atoms with Gasteiger partial charge in [0.05, 0.1) is 31.2 Å². The van der Waals surface area contributed by atoms with Crippen molar-refractivity contribution in [2.45, 2.75) is 55.9 Å². The lowest BCUT2D eigenvalue weighted by atomic mass is 9.69. The van der Waals surface area contributed by atoms with Gasteiger partial charge in [-0.15, -0.1) is 0 Å². The van der Waals surface area contributed by atoms with E-state index in [1.54, 1.807) is 24.3 Å². The van der Waals surface area contributed by atoms with Crippen LogP contribution in [0.1, 0.15) is 73.0 Å². The van der Waals surface area contributed by atoms with E-state index >= 15 is 0 Å². The summed E-state index contributed by atoms with van der Waals surface area (Å²) in [4.78, 5) is 31.3. The molecule has 4 aromatic rings. The molecule has 6 rings (SSSR count). The standard InChI is InChI=1S/C33H32Cl2N2O4/c1-40-31(38)21-5-16-27(17-6-21)37-29-19-24(11-18-28(29)36-30(37)20-3-4-20)33(32(39)41-2,22-7-12-25(34)13-8-22)23-9-14-26(35)15-10-23/h7-15,18-21,27H,3-6,16-17H2,1-2H3. The predicted octanol–water partition coefficient (Wildman–Crippen LogP) is 7.63. The average molecular weight is 592 g/mol. The van der Waals surface area contributed by atoms with Gasteiger partial charge in [0.2, 0.25) is 0 Å². The largest absolute Gasteiger partial charge is 0.469 e. The molecule has 2 fully saturated rings. The van der Waals surface area contributed by atoms with E-state index in [1.165, 1.54) is 14.2 Å². The molecule has 0 bridgehead atoms. The van der Waals surface area contributed by atoms with Crippen molar-refractivity contribution in [1.82, 2.24) is 9.55 Å². The third-order valence-corrected chi connectivity index (χ3v) is 9.24. The molecule has 2 saturated carbocycles. The van der Waals surface area contributed by atoms with E-state index in [9.17, 15) is 9.59 Å². The van der Waals surface area contributed by atoms with Crippen LogP contribution in [0.3, 0.4) is 0 Å². The SMILES string of the molecule is COC(=O)C1CCC(n2c(C3CC3)nc3ccc(C(C(=O)OC)(c4ccc(Cl)cc4)c4ccc(Cl)cc4)cc32)CC1. The maximum absolute atomic E-state index is 14.0. The number of esters is 2. The Bertz CT molecular complexity index is 1540. The molecule has 0 atom stereocenters.